The van der Waals surface area contributed by atoms with Gasteiger partial charge in [-0.3, -0.25) is 9.88 Å². The SMILES string of the molecule is Nc1ncnc2c1ncn2[C@@]12N[C@@H]1CO[C@@H]2COC(=O)c1ccccc1. The number of benzene rings is 1. The van der Waals surface area contributed by atoms with E-state index in [1.807, 2.05) is 10.6 Å². The van der Waals surface area contributed by atoms with Crippen LogP contribution in [0, 0.1) is 0 Å². The van der Waals surface area contributed by atoms with Crippen LogP contribution in [-0.2, 0) is 15.1 Å². The number of ether oxygens (including phenoxy) is 2. The molecular weight excluding hydrogens is 336 g/mol. The lowest BCUT2D eigenvalue weighted by Crippen LogP contribution is -2.39. The number of nitrogens with one attached hydrogen (secondary N) is 1. The van der Waals surface area contributed by atoms with Crippen molar-refractivity contribution in [2.75, 3.05) is 18.9 Å². The molecule has 4 heterocycles. The molecule has 0 unspecified atom stereocenters. The van der Waals surface area contributed by atoms with E-state index in [0.717, 1.165) is 0 Å². The van der Waals surface area contributed by atoms with Gasteiger partial charge in [0.15, 0.2) is 11.5 Å². The molecule has 0 amide bonds. The fourth-order valence-electron chi connectivity index (χ4n) is 3.56. The van der Waals surface area contributed by atoms with Crippen LogP contribution >= 0.6 is 0 Å². The number of fused-ring (bicyclic) bond motifs is 2. The van der Waals surface area contributed by atoms with Gasteiger partial charge < -0.3 is 15.2 Å². The Balaban J connectivity index is 1.40. The first-order valence-electron chi connectivity index (χ1n) is 8.25. The molecule has 0 radical (unpaired) electrons. The Bertz CT molecular complexity index is 991. The molecule has 0 saturated carbocycles. The number of imidazole rings is 1. The van der Waals surface area contributed by atoms with Gasteiger partial charge in [-0.15, -0.1) is 0 Å². The predicted molar refractivity (Wildman–Crippen MR) is 91.1 cm³/mol. The Morgan fingerprint density at radius 3 is 3.00 bits per heavy atom. The Kier molecular flexibility index (Phi) is 3.21. The summed E-state index contributed by atoms with van der Waals surface area (Å²) in [4.78, 5) is 24.8. The topological polar surface area (TPSA) is 127 Å². The van der Waals surface area contributed by atoms with Gasteiger partial charge in [-0.2, -0.15) is 0 Å². The molecule has 2 saturated heterocycles. The molecule has 3 N–H and O–H groups in total. The summed E-state index contributed by atoms with van der Waals surface area (Å²) in [5.41, 5.74) is 7.01. The van der Waals surface area contributed by atoms with Gasteiger partial charge in [0.25, 0.3) is 0 Å². The number of aromatic nitrogens is 4. The number of carbonyl (C=O) groups is 1. The molecule has 0 spiro atoms. The van der Waals surface area contributed by atoms with Gasteiger partial charge in [-0.1, -0.05) is 18.2 Å². The van der Waals surface area contributed by atoms with E-state index >= 15 is 0 Å². The summed E-state index contributed by atoms with van der Waals surface area (Å²) in [6.07, 6.45) is 2.72. The standard InChI is InChI=1S/C17H16N6O3/c18-14-13-15(20-8-19-14)23(9-21-13)17-11(22-17)6-25-12(17)7-26-16(24)10-4-2-1-3-5-10/h1-5,8-9,11-12,22H,6-7H2,(H2,18,19,20)/t11-,12-,17+/m1/s1. The number of carbonyl (C=O) groups excluding carboxylic acids is 1. The molecule has 26 heavy (non-hydrogen) atoms. The molecular formula is C17H16N6O3. The molecule has 3 atom stereocenters. The highest BCUT2D eigenvalue weighted by molar-refractivity contribution is 5.89. The third-order valence-electron chi connectivity index (χ3n) is 4.94. The second-order valence-corrected chi connectivity index (χ2v) is 6.35. The zero-order valence-corrected chi connectivity index (χ0v) is 13.7. The number of anilines is 1. The van der Waals surface area contributed by atoms with E-state index in [-0.39, 0.29) is 24.7 Å². The fraction of sp³-hybridized carbons (Fsp3) is 0.294. The van der Waals surface area contributed by atoms with Gasteiger partial charge in [0.2, 0.25) is 0 Å². The molecule has 2 aliphatic heterocycles. The largest absolute Gasteiger partial charge is 0.459 e. The first-order valence-corrected chi connectivity index (χ1v) is 8.25. The maximum absolute atomic E-state index is 12.2. The first-order chi connectivity index (χ1) is 12.7. The minimum Gasteiger partial charge on any atom is -0.459 e. The van der Waals surface area contributed by atoms with E-state index in [4.69, 9.17) is 15.2 Å². The molecule has 2 aliphatic rings. The molecule has 9 heteroatoms. The van der Waals surface area contributed by atoms with Gasteiger partial charge in [0.1, 0.15) is 30.2 Å². The van der Waals surface area contributed by atoms with Crippen molar-refractivity contribution >= 4 is 23.0 Å². The first kappa shape index (κ1) is 15.2. The number of nitrogen functional groups attached to an aromatic ring is 1. The van der Waals surface area contributed by atoms with Crippen molar-refractivity contribution in [2.24, 2.45) is 0 Å². The normalized spacial score (nSPS) is 26.6. The van der Waals surface area contributed by atoms with Crippen molar-refractivity contribution in [2.45, 2.75) is 17.8 Å². The molecule has 0 aliphatic carbocycles. The second kappa shape index (κ2) is 5.48. The van der Waals surface area contributed by atoms with Crippen LogP contribution in [-0.4, -0.2) is 50.8 Å². The van der Waals surface area contributed by atoms with Crippen molar-refractivity contribution in [1.82, 2.24) is 24.8 Å². The van der Waals surface area contributed by atoms with E-state index in [1.54, 1.807) is 30.6 Å². The lowest BCUT2D eigenvalue weighted by atomic mass is 10.1. The molecule has 132 valence electrons. The Morgan fingerprint density at radius 2 is 2.19 bits per heavy atom. The van der Waals surface area contributed by atoms with Crippen molar-refractivity contribution in [3.63, 3.8) is 0 Å². The van der Waals surface area contributed by atoms with Crippen molar-refractivity contribution in [3.05, 3.63) is 48.5 Å². The van der Waals surface area contributed by atoms with Crippen LogP contribution < -0.4 is 11.1 Å². The third-order valence-corrected chi connectivity index (χ3v) is 4.94. The average Bonchev–Trinajstić information content (AvgIpc) is 3.05. The average molecular weight is 352 g/mol. The van der Waals surface area contributed by atoms with Crippen LogP contribution in [0.1, 0.15) is 10.4 Å². The summed E-state index contributed by atoms with van der Waals surface area (Å²) in [7, 11) is 0. The van der Waals surface area contributed by atoms with Gasteiger partial charge in [-0.25, -0.2) is 19.7 Å². The zero-order valence-electron chi connectivity index (χ0n) is 13.7. The van der Waals surface area contributed by atoms with Crippen LogP contribution in [0.3, 0.4) is 0 Å². The summed E-state index contributed by atoms with van der Waals surface area (Å²) in [6, 6.07) is 8.98. The molecule has 0 bridgehead atoms. The lowest BCUT2D eigenvalue weighted by Gasteiger charge is -2.23. The highest BCUT2D eigenvalue weighted by atomic mass is 16.6. The van der Waals surface area contributed by atoms with Crippen LogP contribution in [0.25, 0.3) is 11.2 Å². The molecule has 5 rings (SSSR count). The highest BCUT2D eigenvalue weighted by Gasteiger charge is 2.66. The van der Waals surface area contributed by atoms with Gasteiger partial charge in [0, 0.05) is 0 Å². The van der Waals surface area contributed by atoms with Gasteiger partial charge >= 0.3 is 5.97 Å². The molecule has 3 aromatic rings. The Morgan fingerprint density at radius 1 is 1.35 bits per heavy atom. The number of esters is 1. The molecule has 1 aromatic carbocycles. The van der Waals surface area contributed by atoms with Crippen LogP contribution in [0.2, 0.25) is 0 Å². The summed E-state index contributed by atoms with van der Waals surface area (Å²) < 4.78 is 13.2. The summed E-state index contributed by atoms with van der Waals surface area (Å²) in [5.74, 6) is -0.0520. The molecule has 2 aromatic heterocycles. The van der Waals surface area contributed by atoms with E-state index in [2.05, 4.69) is 20.3 Å². The summed E-state index contributed by atoms with van der Waals surface area (Å²) >= 11 is 0. The fourth-order valence-corrected chi connectivity index (χ4v) is 3.56. The minimum absolute atomic E-state index is 0.108. The predicted octanol–water partition coefficient (Wildman–Crippen LogP) is 0.289. The van der Waals surface area contributed by atoms with Gasteiger partial charge in [-0.05, 0) is 12.1 Å². The minimum atomic E-state index is -0.535. The Hall–Kier alpha value is -3.04. The zero-order chi connectivity index (χ0) is 17.7. The van der Waals surface area contributed by atoms with E-state index in [9.17, 15) is 4.79 Å². The number of morpholine rings is 1. The van der Waals surface area contributed by atoms with Gasteiger partial charge in [0.05, 0.1) is 24.5 Å². The monoisotopic (exact) mass is 352 g/mol. The van der Waals surface area contributed by atoms with E-state index in [1.165, 1.54) is 6.33 Å². The Labute approximate surface area is 148 Å². The summed E-state index contributed by atoms with van der Waals surface area (Å²) in [5, 5.41) is 3.41. The number of hydrogen-bond donors (Lipinski definition) is 2. The van der Waals surface area contributed by atoms with Crippen molar-refractivity contribution in [1.29, 1.82) is 0 Å². The smallest absolute Gasteiger partial charge is 0.338 e. The maximum Gasteiger partial charge on any atom is 0.338 e. The van der Waals surface area contributed by atoms with E-state index < -0.39 is 5.66 Å². The lowest BCUT2D eigenvalue weighted by molar-refractivity contribution is -0.0119. The van der Waals surface area contributed by atoms with Crippen molar-refractivity contribution in [3.8, 4) is 0 Å². The van der Waals surface area contributed by atoms with Crippen molar-refractivity contribution < 1.29 is 14.3 Å². The second-order valence-electron chi connectivity index (χ2n) is 6.35. The molecule has 9 nitrogen and oxygen atoms in total. The maximum atomic E-state index is 12.2. The van der Waals surface area contributed by atoms with Crippen LogP contribution in [0.4, 0.5) is 5.82 Å². The number of nitrogens with two attached hydrogens (primary N) is 1. The number of nitrogens with zero attached hydrogens (tertiary/aromatic N) is 4. The van der Waals surface area contributed by atoms with Crippen LogP contribution in [0.15, 0.2) is 43.0 Å². The quantitative estimate of drug-likeness (QED) is 0.507. The number of hydrogen-bond acceptors (Lipinski definition) is 8. The highest BCUT2D eigenvalue weighted by Crippen LogP contribution is 2.44. The summed E-state index contributed by atoms with van der Waals surface area (Å²) in [6.45, 7) is 0.644. The third kappa shape index (κ3) is 2.11. The van der Waals surface area contributed by atoms with E-state index in [0.29, 0.717) is 29.2 Å². The molecule has 2 fully saturated rings. The number of rotatable bonds is 4. The van der Waals surface area contributed by atoms with Crippen LogP contribution in [0.5, 0.6) is 0 Å².